The van der Waals surface area contributed by atoms with E-state index in [0.717, 1.165) is 11.4 Å². The molecule has 0 bridgehead atoms. The van der Waals surface area contributed by atoms with Crippen LogP contribution in [0.25, 0.3) is 0 Å². The zero-order valence-electron chi connectivity index (χ0n) is 6.89. The molecular weight excluding hydrogens is 142 g/mol. The second-order valence-corrected chi connectivity index (χ2v) is 2.37. The number of aromatic amines is 1. The zero-order valence-corrected chi connectivity index (χ0v) is 6.89. The van der Waals surface area contributed by atoms with Gasteiger partial charge in [0.2, 0.25) is 0 Å². The van der Waals surface area contributed by atoms with E-state index in [1.807, 2.05) is 12.1 Å². The molecule has 0 aliphatic carbocycles. The van der Waals surface area contributed by atoms with Gasteiger partial charge in [-0.3, -0.25) is 0 Å². The molecule has 1 aromatic heterocycles. The Morgan fingerprint density at radius 3 is 1.91 bits per heavy atom. The maximum absolute atomic E-state index is 4.95. The van der Waals surface area contributed by atoms with Crippen LogP contribution in [0.4, 0.5) is 0 Å². The lowest BCUT2D eigenvalue weighted by atomic mass is 10.4. The molecule has 62 valence electrons. The second-order valence-electron chi connectivity index (χ2n) is 2.37. The molecule has 1 rings (SSSR count). The summed E-state index contributed by atoms with van der Waals surface area (Å²) in [4.78, 5) is 3.16. The monoisotopic (exact) mass is 155 g/mol. The molecule has 1 heterocycles. The third-order valence-electron chi connectivity index (χ3n) is 1.41. The van der Waals surface area contributed by atoms with Gasteiger partial charge < -0.3 is 14.5 Å². The van der Waals surface area contributed by atoms with Crippen LogP contribution in [-0.2, 0) is 22.7 Å². The first-order valence-electron chi connectivity index (χ1n) is 3.51. The molecule has 11 heavy (non-hydrogen) atoms. The molecule has 0 aliphatic rings. The van der Waals surface area contributed by atoms with Gasteiger partial charge in [-0.1, -0.05) is 0 Å². The molecule has 0 amide bonds. The first kappa shape index (κ1) is 8.30. The molecule has 0 saturated carbocycles. The molecule has 0 spiro atoms. The topological polar surface area (TPSA) is 34.2 Å². The van der Waals surface area contributed by atoms with Gasteiger partial charge in [0.15, 0.2) is 0 Å². The summed E-state index contributed by atoms with van der Waals surface area (Å²) in [7, 11) is 3.35. The fourth-order valence-corrected chi connectivity index (χ4v) is 0.970. The smallest absolute Gasteiger partial charge is 0.0861 e. The Morgan fingerprint density at radius 1 is 1.09 bits per heavy atom. The molecule has 1 N–H and O–H groups in total. The van der Waals surface area contributed by atoms with Crippen molar-refractivity contribution in [3.63, 3.8) is 0 Å². The van der Waals surface area contributed by atoms with E-state index in [0.29, 0.717) is 13.2 Å². The lowest BCUT2D eigenvalue weighted by molar-refractivity contribution is 0.175. The summed E-state index contributed by atoms with van der Waals surface area (Å²) in [5.74, 6) is 0. The van der Waals surface area contributed by atoms with Crippen LogP contribution in [0.2, 0.25) is 0 Å². The average molecular weight is 155 g/mol. The highest BCUT2D eigenvalue weighted by molar-refractivity contribution is 5.11. The SMILES string of the molecule is COCc1ccc(COC)[nH]1. The number of H-pyrrole nitrogens is 1. The van der Waals surface area contributed by atoms with Crippen molar-refractivity contribution in [2.75, 3.05) is 14.2 Å². The molecule has 1 aromatic rings. The molecule has 3 nitrogen and oxygen atoms in total. The maximum atomic E-state index is 4.95. The largest absolute Gasteiger partial charge is 0.378 e. The number of methoxy groups -OCH3 is 2. The zero-order chi connectivity index (χ0) is 8.10. The van der Waals surface area contributed by atoms with E-state index >= 15 is 0 Å². The van der Waals surface area contributed by atoms with Crippen molar-refractivity contribution < 1.29 is 9.47 Å². The molecule has 0 aliphatic heterocycles. The van der Waals surface area contributed by atoms with Gasteiger partial charge in [0.1, 0.15) is 0 Å². The van der Waals surface area contributed by atoms with E-state index in [1.165, 1.54) is 0 Å². The molecule has 0 unspecified atom stereocenters. The Hall–Kier alpha value is -0.800. The van der Waals surface area contributed by atoms with Crippen molar-refractivity contribution >= 4 is 0 Å². The van der Waals surface area contributed by atoms with Gasteiger partial charge in [-0.15, -0.1) is 0 Å². The Morgan fingerprint density at radius 2 is 1.55 bits per heavy atom. The highest BCUT2D eigenvalue weighted by Gasteiger charge is 1.96. The average Bonchev–Trinajstić information content (AvgIpc) is 2.38. The van der Waals surface area contributed by atoms with Crippen LogP contribution in [-0.4, -0.2) is 19.2 Å². The van der Waals surface area contributed by atoms with Crippen molar-refractivity contribution in [2.45, 2.75) is 13.2 Å². The van der Waals surface area contributed by atoms with Crippen LogP contribution >= 0.6 is 0 Å². The van der Waals surface area contributed by atoms with Gasteiger partial charge in [0, 0.05) is 25.6 Å². The standard InChI is InChI=1S/C8H13NO2/c1-10-5-7-3-4-8(9-7)6-11-2/h3-4,9H,5-6H2,1-2H3. The minimum absolute atomic E-state index is 0.629. The third kappa shape index (κ3) is 2.37. The fraction of sp³-hybridized carbons (Fsp3) is 0.500. The minimum atomic E-state index is 0.629. The Kier molecular flexibility index (Phi) is 3.14. The molecule has 0 atom stereocenters. The molecule has 3 heteroatoms. The summed E-state index contributed by atoms with van der Waals surface area (Å²) in [6.07, 6.45) is 0. The number of aromatic nitrogens is 1. The summed E-state index contributed by atoms with van der Waals surface area (Å²) in [5, 5.41) is 0. The Labute approximate surface area is 66.3 Å². The number of rotatable bonds is 4. The van der Waals surface area contributed by atoms with Crippen molar-refractivity contribution in [1.82, 2.24) is 4.98 Å². The summed E-state index contributed by atoms with van der Waals surface area (Å²) in [6.45, 7) is 1.26. The van der Waals surface area contributed by atoms with Gasteiger partial charge in [-0.25, -0.2) is 0 Å². The summed E-state index contributed by atoms with van der Waals surface area (Å²) >= 11 is 0. The lowest BCUT2D eigenvalue weighted by Gasteiger charge is -1.95. The summed E-state index contributed by atoms with van der Waals surface area (Å²) < 4.78 is 9.89. The molecule has 0 saturated heterocycles. The van der Waals surface area contributed by atoms with Gasteiger partial charge in [0.05, 0.1) is 13.2 Å². The highest BCUT2D eigenvalue weighted by atomic mass is 16.5. The molecule has 0 fully saturated rings. The number of ether oxygens (including phenoxy) is 2. The van der Waals surface area contributed by atoms with E-state index in [4.69, 9.17) is 9.47 Å². The number of nitrogens with one attached hydrogen (secondary N) is 1. The maximum Gasteiger partial charge on any atom is 0.0861 e. The number of hydrogen-bond acceptors (Lipinski definition) is 2. The predicted octanol–water partition coefficient (Wildman–Crippen LogP) is 1.31. The predicted molar refractivity (Wildman–Crippen MR) is 42.2 cm³/mol. The summed E-state index contributed by atoms with van der Waals surface area (Å²) in [6, 6.07) is 4.00. The Bertz CT molecular complexity index is 187. The van der Waals surface area contributed by atoms with E-state index in [9.17, 15) is 0 Å². The van der Waals surface area contributed by atoms with Crippen LogP contribution in [0.1, 0.15) is 11.4 Å². The van der Waals surface area contributed by atoms with Crippen LogP contribution < -0.4 is 0 Å². The van der Waals surface area contributed by atoms with Crippen molar-refractivity contribution in [2.24, 2.45) is 0 Å². The van der Waals surface area contributed by atoms with Crippen molar-refractivity contribution in [3.8, 4) is 0 Å². The van der Waals surface area contributed by atoms with Crippen LogP contribution in [0.15, 0.2) is 12.1 Å². The van der Waals surface area contributed by atoms with Gasteiger partial charge >= 0.3 is 0 Å². The number of hydrogen-bond donors (Lipinski definition) is 1. The van der Waals surface area contributed by atoms with Crippen LogP contribution in [0, 0.1) is 0 Å². The van der Waals surface area contributed by atoms with Gasteiger partial charge in [-0.05, 0) is 12.1 Å². The van der Waals surface area contributed by atoms with Crippen LogP contribution in [0.3, 0.4) is 0 Å². The quantitative estimate of drug-likeness (QED) is 0.711. The van der Waals surface area contributed by atoms with Crippen molar-refractivity contribution in [3.05, 3.63) is 23.5 Å². The third-order valence-corrected chi connectivity index (χ3v) is 1.41. The van der Waals surface area contributed by atoms with Gasteiger partial charge in [0.25, 0.3) is 0 Å². The van der Waals surface area contributed by atoms with E-state index in [2.05, 4.69) is 4.98 Å². The molecule has 0 aromatic carbocycles. The summed E-state index contributed by atoms with van der Waals surface area (Å²) in [5.41, 5.74) is 2.17. The first-order valence-corrected chi connectivity index (χ1v) is 3.51. The normalized spacial score (nSPS) is 10.4. The van der Waals surface area contributed by atoms with E-state index in [-0.39, 0.29) is 0 Å². The first-order chi connectivity index (χ1) is 5.36. The highest BCUT2D eigenvalue weighted by Crippen LogP contribution is 2.03. The van der Waals surface area contributed by atoms with Crippen LogP contribution in [0.5, 0.6) is 0 Å². The second kappa shape index (κ2) is 4.16. The van der Waals surface area contributed by atoms with Crippen molar-refractivity contribution in [1.29, 1.82) is 0 Å². The minimum Gasteiger partial charge on any atom is -0.378 e. The lowest BCUT2D eigenvalue weighted by Crippen LogP contribution is -1.90. The van der Waals surface area contributed by atoms with E-state index < -0.39 is 0 Å². The molecule has 0 radical (unpaired) electrons. The van der Waals surface area contributed by atoms with Gasteiger partial charge in [-0.2, -0.15) is 0 Å². The fourth-order valence-electron chi connectivity index (χ4n) is 0.970. The Balaban J connectivity index is 2.51. The molecular formula is C8H13NO2. The van der Waals surface area contributed by atoms with E-state index in [1.54, 1.807) is 14.2 Å².